The quantitative estimate of drug-likeness (QED) is 0.555. The maximum absolute atomic E-state index is 8.84. The Morgan fingerprint density at radius 3 is 2.47 bits per heavy atom. The summed E-state index contributed by atoms with van der Waals surface area (Å²) in [4.78, 5) is 2.53. The Bertz CT molecular complexity index is 237. The molecule has 86 valence electrons. The van der Waals surface area contributed by atoms with E-state index < -0.39 is 0 Å². The van der Waals surface area contributed by atoms with Crippen LogP contribution >= 0.6 is 0 Å². The minimum Gasteiger partial charge on any atom is -0.411 e. The minimum atomic E-state index is 0.422. The van der Waals surface area contributed by atoms with Crippen molar-refractivity contribution < 1.29 is 9.94 Å². The third-order valence-corrected chi connectivity index (χ3v) is 3.22. The van der Waals surface area contributed by atoms with Gasteiger partial charge in [0, 0.05) is 31.5 Å². The highest BCUT2D eigenvalue weighted by Gasteiger charge is 2.37. The predicted octanol–water partition coefficient (Wildman–Crippen LogP) is 1.34. The van der Waals surface area contributed by atoms with E-state index in [1.807, 2.05) is 0 Å². The van der Waals surface area contributed by atoms with Gasteiger partial charge in [-0.2, -0.15) is 0 Å². The molecule has 0 aromatic rings. The van der Waals surface area contributed by atoms with Crippen molar-refractivity contribution in [3.05, 3.63) is 0 Å². The van der Waals surface area contributed by atoms with Crippen LogP contribution in [0.2, 0.25) is 0 Å². The number of nitrogens with zero attached hydrogens (tertiary/aromatic N) is 2. The van der Waals surface area contributed by atoms with Crippen molar-refractivity contribution in [2.45, 2.75) is 38.8 Å². The summed E-state index contributed by atoms with van der Waals surface area (Å²) in [6.45, 7) is 7.17. The van der Waals surface area contributed by atoms with Crippen LogP contribution in [0.15, 0.2) is 5.16 Å². The lowest BCUT2D eigenvalue weighted by atomic mass is 9.91. The van der Waals surface area contributed by atoms with E-state index in [4.69, 9.17) is 9.94 Å². The highest BCUT2D eigenvalue weighted by atomic mass is 16.5. The molecule has 0 aromatic heterocycles. The number of piperidine rings is 1. The molecule has 4 nitrogen and oxygen atoms in total. The molecule has 0 saturated carbocycles. The highest BCUT2D eigenvalue weighted by molar-refractivity contribution is 5.85. The number of morpholine rings is 1. The average molecular weight is 212 g/mol. The second-order valence-electron chi connectivity index (χ2n) is 5.01. The molecule has 0 spiro atoms. The lowest BCUT2D eigenvalue weighted by molar-refractivity contribution is -0.0575. The lowest BCUT2D eigenvalue weighted by Crippen LogP contribution is -2.58. The zero-order chi connectivity index (χ0) is 10.8. The Balaban J connectivity index is 2.06. The monoisotopic (exact) mass is 212 g/mol. The molecular formula is C11H20N2O2. The normalized spacial score (nSPS) is 32.1. The van der Waals surface area contributed by atoms with Crippen molar-refractivity contribution in [1.82, 2.24) is 4.90 Å². The summed E-state index contributed by atoms with van der Waals surface area (Å²) in [7, 11) is 0. The number of fused-ring (bicyclic) bond motifs is 2. The molecule has 2 aliphatic heterocycles. The van der Waals surface area contributed by atoms with E-state index in [9.17, 15) is 0 Å². The van der Waals surface area contributed by atoms with Gasteiger partial charge in [0.2, 0.25) is 0 Å². The molecule has 2 rings (SSSR count). The molecule has 2 unspecified atom stereocenters. The van der Waals surface area contributed by atoms with Gasteiger partial charge in [-0.25, -0.2) is 0 Å². The van der Waals surface area contributed by atoms with Gasteiger partial charge in [0.15, 0.2) is 0 Å². The molecule has 0 radical (unpaired) electrons. The molecule has 0 aliphatic carbocycles. The fraction of sp³-hybridized carbons (Fsp3) is 0.909. The Hall–Kier alpha value is -0.610. The Morgan fingerprint density at radius 1 is 1.40 bits per heavy atom. The molecular weight excluding hydrogens is 192 g/mol. The van der Waals surface area contributed by atoms with Crippen molar-refractivity contribution in [2.24, 2.45) is 11.1 Å². The van der Waals surface area contributed by atoms with Gasteiger partial charge in [0.05, 0.1) is 18.9 Å². The molecule has 2 fully saturated rings. The van der Waals surface area contributed by atoms with E-state index in [1.54, 1.807) is 0 Å². The van der Waals surface area contributed by atoms with Crippen LogP contribution in [-0.4, -0.2) is 47.7 Å². The van der Waals surface area contributed by atoms with E-state index in [-0.39, 0.29) is 0 Å². The summed E-state index contributed by atoms with van der Waals surface area (Å²) in [5.41, 5.74) is 0.938. The van der Waals surface area contributed by atoms with E-state index >= 15 is 0 Å². The standard InChI is InChI=1S/C11H20N2O2/c1-8(2)5-13-10-3-9(12-14)4-11(13)7-15-6-10/h8,10-11,14H,3-7H2,1-2H3. The fourth-order valence-corrected chi connectivity index (χ4v) is 2.61. The number of hydrogen-bond donors (Lipinski definition) is 1. The molecule has 2 bridgehead atoms. The SMILES string of the molecule is CC(C)CN1C2COCC1CC(=NO)C2. The second kappa shape index (κ2) is 4.49. The van der Waals surface area contributed by atoms with Crippen molar-refractivity contribution in [1.29, 1.82) is 0 Å². The third kappa shape index (κ3) is 2.32. The van der Waals surface area contributed by atoms with E-state index in [0.717, 1.165) is 38.3 Å². The third-order valence-electron chi connectivity index (χ3n) is 3.22. The molecule has 2 atom stereocenters. The summed E-state index contributed by atoms with van der Waals surface area (Å²) in [5.74, 6) is 0.681. The maximum Gasteiger partial charge on any atom is 0.0626 e. The van der Waals surface area contributed by atoms with Gasteiger partial charge in [-0.05, 0) is 5.92 Å². The number of hydrogen-bond acceptors (Lipinski definition) is 4. The molecule has 2 heterocycles. The van der Waals surface area contributed by atoms with Crippen LogP contribution in [0.25, 0.3) is 0 Å². The Morgan fingerprint density at radius 2 is 2.00 bits per heavy atom. The topological polar surface area (TPSA) is 45.1 Å². The molecule has 0 amide bonds. The van der Waals surface area contributed by atoms with Crippen molar-refractivity contribution in [2.75, 3.05) is 19.8 Å². The van der Waals surface area contributed by atoms with Gasteiger partial charge >= 0.3 is 0 Å². The first-order chi connectivity index (χ1) is 7.20. The van der Waals surface area contributed by atoms with Gasteiger partial charge in [-0.1, -0.05) is 19.0 Å². The summed E-state index contributed by atoms with van der Waals surface area (Å²) in [5, 5.41) is 12.2. The lowest BCUT2D eigenvalue weighted by Gasteiger charge is -2.46. The number of rotatable bonds is 2. The predicted molar refractivity (Wildman–Crippen MR) is 58.4 cm³/mol. The zero-order valence-corrected chi connectivity index (χ0v) is 9.52. The van der Waals surface area contributed by atoms with Crippen molar-refractivity contribution in [3.8, 4) is 0 Å². The van der Waals surface area contributed by atoms with Gasteiger partial charge in [0.25, 0.3) is 0 Å². The zero-order valence-electron chi connectivity index (χ0n) is 9.52. The number of ether oxygens (including phenoxy) is 1. The summed E-state index contributed by atoms with van der Waals surface area (Å²) in [6.07, 6.45) is 1.72. The van der Waals surface area contributed by atoms with Crippen LogP contribution in [0.4, 0.5) is 0 Å². The first-order valence-corrected chi connectivity index (χ1v) is 5.74. The van der Waals surface area contributed by atoms with Crippen LogP contribution in [0.5, 0.6) is 0 Å². The Labute approximate surface area is 90.9 Å². The highest BCUT2D eigenvalue weighted by Crippen LogP contribution is 2.26. The molecule has 0 aromatic carbocycles. The van der Waals surface area contributed by atoms with Crippen LogP contribution < -0.4 is 0 Å². The summed E-state index contributed by atoms with van der Waals surface area (Å²) in [6, 6.07) is 0.844. The first-order valence-electron chi connectivity index (χ1n) is 5.74. The first kappa shape index (κ1) is 10.9. The second-order valence-corrected chi connectivity index (χ2v) is 5.01. The maximum atomic E-state index is 8.84. The van der Waals surface area contributed by atoms with Crippen LogP contribution in [0, 0.1) is 5.92 Å². The molecule has 1 N–H and O–H groups in total. The fourth-order valence-electron chi connectivity index (χ4n) is 2.61. The Kier molecular flexibility index (Phi) is 3.26. The molecule has 15 heavy (non-hydrogen) atoms. The summed E-state index contributed by atoms with van der Waals surface area (Å²) >= 11 is 0. The molecule has 2 aliphatic rings. The largest absolute Gasteiger partial charge is 0.411 e. The van der Waals surface area contributed by atoms with Crippen LogP contribution in [-0.2, 0) is 4.74 Å². The number of oxime groups is 1. The van der Waals surface area contributed by atoms with Crippen molar-refractivity contribution in [3.63, 3.8) is 0 Å². The summed E-state index contributed by atoms with van der Waals surface area (Å²) < 4.78 is 5.56. The van der Waals surface area contributed by atoms with Gasteiger partial charge in [-0.15, -0.1) is 0 Å². The molecule has 2 saturated heterocycles. The van der Waals surface area contributed by atoms with Gasteiger partial charge in [0.1, 0.15) is 0 Å². The smallest absolute Gasteiger partial charge is 0.0626 e. The van der Waals surface area contributed by atoms with Crippen molar-refractivity contribution >= 4 is 5.71 Å². The van der Waals surface area contributed by atoms with Crippen LogP contribution in [0.3, 0.4) is 0 Å². The van der Waals surface area contributed by atoms with E-state index in [2.05, 4.69) is 23.9 Å². The van der Waals surface area contributed by atoms with E-state index in [0.29, 0.717) is 18.0 Å². The van der Waals surface area contributed by atoms with Gasteiger partial charge < -0.3 is 9.94 Å². The van der Waals surface area contributed by atoms with E-state index in [1.165, 1.54) is 0 Å². The van der Waals surface area contributed by atoms with Crippen LogP contribution in [0.1, 0.15) is 26.7 Å². The average Bonchev–Trinajstić information content (AvgIpc) is 2.16. The molecule has 4 heteroatoms. The van der Waals surface area contributed by atoms with Gasteiger partial charge in [-0.3, -0.25) is 4.90 Å². The minimum absolute atomic E-state index is 0.422.